The minimum atomic E-state index is -0.626. The third kappa shape index (κ3) is 3.27. The van der Waals surface area contributed by atoms with Crippen LogP contribution in [0.3, 0.4) is 0 Å². The summed E-state index contributed by atoms with van der Waals surface area (Å²) in [7, 11) is 0. The average Bonchev–Trinajstić information content (AvgIpc) is 2.80. The van der Waals surface area contributed by atoms with Crippen LogP contribution >= 0.6 is 11.8 Å². The third-order valence-electron chi connectivity index (χ3n) is 8.32. The molecule has 0 heterocycles. The summed E-state index contributed by atoms with van der Waals surface area (Å²) in [6.45, 7) is 3.91. The van der Waals surface area contributed by atoms with Crippen LogP contribution in [0.5, 0.6) is 0 Å². The monoisotopic (exact) mass is 426 g/mol. The van der Waals surface area contributed by atoms with Gasteiger partial charge in [0.05, 0.1) is 10.9 Å². The summed E-state index contributed by atoms with van der Waals surface area (Å²) in [6, 6.07) is 24.0. The first-order valence-corrected chi connectivity index (χ1v) is 12.6. The van der Waals surface area contributed by atoms with E-state index >= 15 is 0 Å². The van der Waals surface area contributed by atoms with E-state index in [1.54, 1.807) is 0 Å². The molecule has 2 heteroatoms. The molecule has 0 aliphatic heterocycles. The molecule has 4 bridgehead atoms. The predicted molar refractivity (Wildman–Crippen MR) is 131 cm³/mol. The number of hydrogen-bond donors (Lipinski definition) is 1. The molecule has 0 saturated heterocycles. The molecule has 0 amide bonds. The van der Waals surface area contributed by atoms with E-state index in [0.29, 0.717) is 11.8 Å². The molecule has 7 rings (SSSR count). The fourth-order valence-electron chi connectivity index (χ4n) is 6.98. The second kappa shape index (κ2) is 7.53. The third-order valence-corrected chi connectivity index (χ3v) is 9.73. The Morgan fingerprint density at radius 3 is 2.13 bits per heavy atom. The number of rotatable bonds is 5. The molecule has 31 heavy (non-hydrogen) atoms. The van der Waals surface area contributed by atoms with Crippen LogP contribution in [0.1, 0.15) is 48.5 Å². The van der Waals surface area contributed by atoms with E-state index in [-0.39, 0.29) is 5.25 Å². The van der Waals surface area contributed by atoms with Crippen LogP contribution in [0, 0.1) is 23.7 Å². The van der Waals surface area contributed by atoms with Gasteiger partial charge in [-0.1, -0.05) is 67.3 Å². The Balaban J connectivity index is 1.42. The first-order chi connectivity index (χ1) is 15.1. The lowest BCUT2D eigenvalue weighted by atomic mass is 9.49. The van der Waals surface area contributed by atoms with Crippen molar-refractivity contribution in [3.05, 3.63) is 84.4 Å². The number of aliphatic hydroxyl groups is 1. The molecule has 1 unspecified atom stereocenters. The summed E-state index contributed by atoms with van der Waals surface area (Å²) >= 11 is 1.87. The Kier molecular flexibility index (Phi) is 4.77. The van der Waals surface area contributed by atoms with Crippen LogP contribution in [-0.4, -0.2) is 10.7 Å². The fraction of sp³-hybridized carbons (Fsp3) is 0.379. The van der Waals surface area contributed by atoms with E-state index in [1.807, 2.05) is 17.8 Å². The molecule has 4 saturated carbocycles. The van der Waals surface area contributed by atoms with Crippen molar-refractivity contribution in [3.63, 3.8) is 0 Å². The fourth-order valence-corrected chi connectivity index (χ4v) is 8.46. The molecular formula is C29H30OS. The number of hydrogen-bond acceptors (Lipinski definition) is 2. The lowest BCUT2D eigenvalue weighted by Crippen LogP contribution is -2.59. The van der Waals surface area contributed by atoms with Crippen molar-refractivity contribution < 1.29 is 5.11 Å². The van der Waals surface area contributed by atoms with E-state index in [4.69, 9.17) is 0 Å². The Morgan fingerprint density at radius 1 is 0.839 bits per heavy atom. The van der Waals surface area contributed by atoms with Gasteiger partial charge in [-0.3, -0.25) is 0 Å². The number of benzene rings is 3. The molecule has 3 aromatic carbocycles. The van der Waals surface area contributed by atoms with Crippen molar-refractivity contribution >= 4 is 28.6 Å². The molecule has 3 aromatic rings. The molecule has 0 spiro atoms. The van der Waals surface area contributed by atoms with Gasteiger partial charge < -0.3 is 5.11 Å². The maximum atomic E-state index is 12.5. The smallest absolute Gasteiger partial charge is 0.0866 e. The normalized spacial score (nSPS) is 32.3. The zero-order valence-corrected chi connectivity index (χ0v) is 18.7. The molecular weight excluding hydrogens is 396 g/mol. The van der Waals surface area contributed by atoms with Crippen LogP contribution in [0.15, 0.2) is 78.2 Å². The van der Waals surface area contributed by atoms with Gasteiger partial charge in [0.25, 0.3) is 0 Å². The maximum absolute atomic E-state index is 12.5. The molecule has 4 fully saturated rings. The van der Waals surface area contributed by atoms with Crippen molar-refractivity contribution in [1.29, 1.82) is 0 Å². The van der Waals surface area contributed by atoms with Gasteiger partial charge in [0.2, 0.25) is 0 Å². The summed E-state index contributed by atoms with van der Waals surface area (Å²) in [6.07, 6.45) is 8.14. The van der Waals surface area contributed by atoms with E-state index in [0.717, 1.165) is 17.4 Å². The Bertz CT molecular complexity index is 1090. The van der Waals surface area contributed by atoms with Crippen LogP contribution in [0.4, 0.5) is 0 Å². The molecule has 0 aromatic heterocycles. The van der Waals surface area contributed by atoms with Gasteiger partial charge in [0.1, 0.15) is 0 Å². The van der Waals surface area contributed by atoms with Crippen molar-refractivity contribution in [2.45, 2.75) is 47.9 Å². The molecule has 0 radical (unpaired) electrons. The SMILES string of the molecule is C=Cc1ccc(C(Sc2ccc3ccccc3c2)C2(O)C3CC4CC(C3)CC2C4)cc1. The lowest BCUT2D eigenvalue weighted by Gasteiger charge is -2.61. The Labute approximate surface area is 189 Å². The zero-order chi connectivity index (χ0) is 21.0. The minimum absolute atomic E-state index is 0.0579. The summed E-state index contributed by atoms with van der Waals surface area (Å²) in [5.74, 6) is 2.55. The van der Waals surface area contributed by atoms with Gasteiger partial charge in [-0.05, 0) is 89.8 Å². The first-order valence-electron chi connectivity index (χ1n) is 11.7. The van der Waals surface area contributed by atoms with Gasteiger partial charge in [-0.25, -0.2) is 0 Å². The van der Waals surface area contributed by atoms with E-state index in [1.165, 1.54) is 53.3 Å². The maximum Gasteiger partial charge on any atom is 0.0866 e. The Morgan fingerprint density at radius 2 is 1.48 bits per heavy atom. The number of fused-ring (bicyclic) bond motifs is 1. The highest BCUT2D eigenvalue weighted by molar-refractivity contribution is 7.99. The van der Waals surface area contributed by atoms with E-state index < -0.39 is 5.60 Å². The van der Waals surface area contributed by atoms with Crippen molar-refractivity contribution in [2.24, 2.45) is 23.7 Å². The topological polar surface area (TPSA) is 20.2 Å². The molecule has 4 aliphatic carbocycles. The molecule has 4 aliphatic rings. The highest BCUT2D eigenvalue weighted by Crippen LogP contribution is 2.64. The standard InChI is InChI=1S/C29H30OS/c1-2-19-7-9-23(10-8-19)28(31-27-12-11-22-5-3-4-6-24(22)18-27)29(30)25-14-20-13-21(16-25)17-26(29)15-20/h2-12,18,20-21,25-26,28,30H,1,13-17H2. The molecule has 1 N–H and O–H groups in total. The minimum Gasteiger partial charge on any atom is -0.388 e. The second-order valence-electron chi connectivity index (χ2n) is 10.1. The average molecular weight is 427 g/mol. The van der Waals surface area contributed by atoms with Crippen molar-refractivity contribution in [3.8, 4) is 0 Å². The summed E-state index contributed by atoms with van der Waals surface area (Å²) < 4.78 is 0. The van der Waals surface area contributed by atoms with Gasteiger partial charge in [0.15, 0.2) is 0 Å². The van der Waals surface area contributed by atoms with Crippen molar-refractivity contribution in [2.75, 3.05) is 0 Å². The molecule has 158 valence electrons. The van der Waals surface area contributed by atoms with Crippen LogP contribution in [-0.2, 0) is 0 Å². The quantitative estimate of drug-likeness (QED) is 0.426. The highest BCUT2D eigenvalue weighted by Gasteiger charge is 2.60. The largest absolute Gasteiger partial charge is 0.388 e. The first kappa shape index (κ1) is 19.6. The van der Waals surface area contributed by atoms with Crippen LogP contribution in [0.25, 0.3) is 16.8 Å². The summed E-state index contributed by atoms with van der Waals surface area (Å²) in [4.78, 5) is 1.25. The molecule has 1 nitrogen and oxygen atoms in total. The highest BCUT2D eigenvalue weighted by atomic mass is 32.2. The van der Waals surface area contributed by atoms with E-state index in [9.17, 15) is 5.11 Å². The molecule has 1 atom stereocenters. The number of thioether (sulfide) groups is 1. The van der Waals surface area contributed by atoms with Gasteiger partial charge in [-0.2, -0.15) is 0 Å². The lowest BCUT2D eigenvalue weighted by molar-refractivity contribution is -0.173. The predicted octanol–water partition coefficient (Wildman–Crippen LogP) is 7.50. The zero-order valence-electron chi connectivity index (χ0n) is 17.9. The van der Waals surface area contributed by atoms with Gasteiger partial charge in [-0.15, -0.1) is 11.8 Å². The van der Waals surface area contributed by atoms with Crippen molar-refractivity contribution in [1.82, 2.24) is 0 Å². The van der Waals surface area contributed by atoms with E-state index in [2.05, 4.69) is 73.3 Å². The Hall–Kier alpha value is -2.03. The van der Waals surface area contributed by atoms with Crippen LogP contribution in [0.2, 0.25) is 0 Å². The van der Waals surface area contributed by atoms with Gasteiger partial charge in [0, 0.05) is 4.90 Å². The summed E-state index contributed by atoms with van der Waals surface area (Å²) in [5, 5.41) is 15.1. The van der Waals surface area contributed by atoms with Crippen LogP contribution < -0.4 is 0 Å². The van der Waals surface area contributed by atoms with Gasteiger partial charge >= 0.3 is 0 Å². The summed E-state index contributed by atoms with van der Waals surface area (Å²) in [5.41, 5.74) is 1.76. The second-order valence-corrected chi connectivity index (χ2v) is 11.2.